The second kappa shape index (κ2) is 13.7. The molecule has 0 radical (unpaired) electrons. The monoisotopic (exact) mass is 558 g/mol. The first kappa shape index (κ1) is 33.1. The first-order valence-electron chi connectivity index (χ1n) is 12.8. The number of carbonyl (C=O) groups excluding carboxylic acids is 2. The van der Waals surface area contributed by atoms with Crippen molar-refractivity contribution >= 4 is 11.9 Å². The van der Waals surface area contributed by atoms with Gasteiger partial charge in [0, 0.05) is 13.1 Å². The largest absolute Gasteiger partial charge is 1.00 e. The van der Waals surface area contributed by atoms with Crippen LogP contribution in [0.4, 0.5) is 0 Å². The van der Waals surface area contributed by atoms with Crippen LogP contribution < -0.4 is 69.3 Å². The second-order valence-electron chi connectivity index (χ2n) is 10.9. The van der Waals surface area contributed by atoms with Crippen molar-refractivity contribution in [1.29, 1.82) is 0 Å². The fraction of sp³-hybridized carbons (Fsp3) is 0.917. The molecule has 12 nitrogen and oxygen atoms in total. The van der Waals surface area contributed by atoms with Gasteiger partial charge in [-0.3, -0.25) is 9.80 Å². The van der Waals surface area contributed by atoms with Gasteiger partial charge in [0.25, 0.3) is 0 Å². The van der Waals surface area contributed by atoms with Crippen LogP contribution in [0, 0.1) is 0 Å². The molecule has 0 saturated carbocycles. The van der Waals surface area contributed by atoms with Gasteiger partial charge in [0.15, 0.2) is 0 Å². The average Bonchev–Trinajstić information content (AvgIpc) is 3.63. The van der Waals surface area contributed by atoms with E-state index in [0.29, 0.717) is 78.4 Å². The number of aliphatic carboxylic acids is 2. The average molecular weight is 559 g/mol. The predicted molar refractivity (Wildman–Crippen MR) is 118 cm³/mol. The minimum atomic E-state index is -1.03. The van der Waals surface area contributed by atoms with E-state index >= 15 is 0 Å². The number of epoxide rings is 6. The Balaban J connectivity index is 0.000000200. The fourth-order valence-electron chi connectivity index (χ4n) is 4.99. The number of likely N-dealkylation sites (N-methyl/N-ethyl adjacent to an activating group) is 2. The van der Waals surface area contributed by atoms with E-state index < -0.39 is 23.0 Å². The maximum absolute atomic E-state index is 11.7. The van der Waals surface area contributed by atoms with Gasteiger partial charge < -0.3 is 48.2 Å². The molecule has 6 aliphatic heterocycles. The summed E-state index contributed by atoms with van der Waals surface area (Å²) in [4.78, 5) is 27.1. The molecule has 0 N–H and O–H groups in total. The number of carboxylic acids is 2. The molecule has 0 aromatic rings. The molecule has 6 rings (SSSR count). The van der Waals surface area contributed by atoms with Crippen LogP contribution >= 0.6 is 0 Å². The Bertz CT molecular complexity index is 720. The summed E-state index contributed by atoms with van der Waals surface area (Å²) in [7, 11) is 3.64. The van der Waals surface area contributed by atoms with E-state index in [0.717, 1.165) is 0 Å². The Morgan fingerprint density at radius 2 is 0.789 bits per heavy atom. The van der Waals surface area contributed by atoms with Crippen LogP contribution in [0.2, 0.25) is 0 Å². The van der Waals surface area contributed by atoms with Gasteiger partial charge in [-0.2, -0.15) is 0 Å². The minimum Gasteiger partial charge on any atom is -0.548 e. The van der Waals surface area contributed by atoms with E-state index in [-0.39, 0.29) is 95.7 Å². The Hall–Kier alpha value is 0.620. The molecule has 0 bridgehead atoms. The van der Waals surface area contributed by atoms with E-state index in [9.17, 15) is 19.8 Å². The number of carbonyl (C=O) groups is 2. The van der Waals surface area contributed by atoms with Crippen LogP contribution in [0.3, 0.4) is 0 Å². The zero-order valence-electron chi connectivity index (χ0n) is 22.9. The van der Waals surface area contributed by atoms with Crippen LogP contribution in [0.15, 0.2) is 0 Å². The molecule has 14 heteroatoms. The van der Waals surface area contributed by atoms with E-state index in [4.69, 9.17) is 28.4 Å². The zero-order chi connectivity index (χ0) is 25.5. The molecular weight excluding hydrogens is 522 g/mol. The number of rotatable bonds is 16. The van der Waals surface area contributed by atoms with Crippen molar-refractivity contribution in [2.75, 3.05) is 66.8 Å². The number of nitrogens with zero attached hydrogens (tertiary/aromatic N) is 2. The Labute approximate surface area is 267 Å². The minimum absolute atomic E-state index is 0. The van der Waals surface area contributed by atoms with Crippen LogP contribution in [0.1, 0.15) is 25.7 Å². The molecule has 0 aromatic carbocycles. The summed E-state index contributed by atoms with van der Waals surface area (Å²) in [5, 5.41) is 23.4. The van der Waals surface area contributed by atoms with Crippen molar-refractivity contribution in [2.45, 2.75) is 73.4 Å². The standard InChI is InChI=1S/2C12H19NO5.2Na/c2*1-13(4-10-7-18-10)12(11(14)15,2-8-5-16-8)3-9-6-17-9;;/h2*8-10H,2-7H2,1H3,(H,14,15);;/q;;2*+1/p-2. The molecule has 6 heterocycles. The first-order valence-corrected chi connectivity index (χ1v) is 12.8. The summed E-state index contributed by atoms with van der Waals surface area (Å²) < 4.78 is 31.1. The summed E-state index contributed by atoms with van der Waals surface area (Å²) in [5.74, 6) is -2.06. The van der Waals surface area contributed by atoms with Gasteiger partial charge in [0.05, 0.1) is 99.3 Å². The van der Waals surface area contributed by atoms with E-state index in [1.807, 2.05) is 23.9 Å². The topological polar surface area (TPSA) is 162 Å². The summed E-state index contributed by atoms with van der Waals surface area (Å²) >= 11 is 0. The number of carboxylic acid groups (broad SMARTS) is 2. The Kier molecular flexibility index (Phi) is 12.0. The van der Waals surface area contributed by atoms with Gasteiger partial charge >= 0.3 is 59.1 Å². The van der Waals surface area contributed by atoms with Crippen molar-refractivity contribution in [3.8, 4) is 0 Å². The SMILES string of the molecule is CN(CC1CO1)C(CC1CO1)(CC1CO1)C(=O)[O-].CN(CC1CO1)C(CC1CO1)(CC1CO1)C(=O)[O-].[Na+].[Na+]. The molecule has 0 spiro atoms. The van der Waals surface area contributed by atoms with Crippen molar-refractivity contribution in [3.63, 3.8) is 0 Å². The fourth-order valence-corrected chi connectivity index (χ4v) is 4.99. The van der Waals surface area contributed by atoms with Gasteiger partial charge in [-0.1, -0.05) is 0 Å². The van der Waals surface area contributed by atoms with Gasteiger partial charge in [0.2, 0.25) is 0 Å². The van der Waals surface area contributed by atoms with Gasteiger partial charge in [-0.15, -0.1) is 0 Å². The molecule has 204 valence electrons. The molecule has 0 aromatic heterocycles. The molecule has 0 amide bonds. The van der Waals surface area contributed by atoms with E-state index in [1.165, 1.54) is 0 Å². The molecule has 38 heavy (non-hydrogen) atoms. The maximum atomic E-state index is 11.7. The van der Waals surface area contributed by atoms with Crippen LogP contribution in [0.5, 0.6) is 0 Å². The van der Waals surface area contributed by atoms with Gasteiger partial charge in [-0.05, 0) is 39.8 Å². The smallest absolute Gasteiger partial charge is 0.548 e. The molecule has 6 aliphatic rings. The summed E-state index contributed by atoms with van der Waals surface area (Å²) in [5.41, 5.74) is -1.98. The quantitative estimate of drug-likeness (QED) is 0.130. The number of hydrogen-bond donors (Lipinski definition) is 0. The third kappa shape index (κ3) is 9.32. The molecule has 6 fully saturated rings. The Morgan fingerprint density at radius 1 is 0.579 bits per heavy atom. The van der Waals surface area contributed by atoms with E-state index in [1.54, 1.807) is 0 Å². The van der Waals surface area contributed by atoms with Gasteiger partial charge in [0.1, 0.15) is 0 Å². The number of hydrogen-bond acceptors (Lipinski definition) is 12. The Morgan fingerprint density at radius 3 is 0.947 bits per heavy atom. The summed E-state index contributed by atoms with van der Waals surface area (Å²) in [6.45, 7) is 5.26. The number of ether oxygens (including phenoxy) is 6. The van der Waals surface area contributed by atoms with Gasteiger partial charge in [-0.25, -0.2) is 0 Å². The molecule has 6 unspecified atom stereocenters. The first-order chi connectivity index (χ1) is 17.2. The molecule has 6 saturated heterocycles. The van der Waals surface area contributed by atoms with Crippen molar-refractivity contribution < 1.29 is 107 Å². The maximum Gasteiger partial charge on any atom is 1.00 e. The van der Waals surface area contributed by atoms with Crippen LogP contribution in [-0.4, -0.2) is 136 Å². The summed E-state index contributed by atoms with van der Waals surface area (Å²) in [6, 6.07) is 0. The third-order valence-corrected chi connectivity index (χ3v) is 7.85. The molecule has 0 aliphatic carbocycles. The van der Waals surface area contributed by atoms with Crippen molar-refractivity contribution in [1.82, 2.24) is 9.80 Å². The predicted octanol–water partition coefficient (Wildman–Crippen LogP) is -9.23. The van der Waals surface area contributed by atoms with Crippen molar-refractivity contribution in [3.05, 3.63) is 0 Å². The van der Waals surface area contributed by atoms with Crippen LogP contribution in [-0.2, 0) is 38.0 Å². The van der Waals surface area contributed by atoms with Crippen LogP contribution in [0.25, 0.3) is 0 Å². The molecular formula is C24H36N2Na2O10. The second-order valence-corrected chi connectivity index (χ2v) is 10.9. The van der Waals surface area contributed by atoms with E-state index in [2.05, 4.69) is 0 Å². The zero-order valence-corrected chi connectivity index (χ0v) is 26.9. The van der Waals surface area contributed by atoms with Crippen molar-refractivity contribution in [2.24, 2.45) is 0 Å². The molecule has 6 atom stereocenters. The third-order valence-electron chi connectivity index (χ3n) is 7.85. The summed E-state index contributed by atoms with van der Waals surface area (Å²) in [6.07, 6.45) is 2.39. The normalized spacial score (nSPS) is 34.3.